The Labute approximate surface area is 109 Å². The number of hydrogen-bond acceptors (Lipinski definition) is 3. The molecule has 0 radical (unpaired) electrons. The molecule has 1 fully saturated rings. The van der Waals surface area contributed by atoms with Crippen molar-refractivity contribution < 1.29 is 9.47 Å². The van der Waals surface area contributed by atoms with Gasteiger partial charge in [-0.2, -0.15) is 0 Å². The van der Waals surface area contributed by atoms with E-state index >= 15 is 0 Å². The van der Waals surface area contributed by atoms with E-state index in [4.69, 9.17) is 9.47 Å². The van der Waals surface area contributed by atoms with Gasteiger partial charge in [-0.15, -0.1) is 0 Å². The molecule has 1 aliphatic rings. The fourth-order valence-corrected chi connectivity index (χ4v) is 2.36. The van der Waals surface area contributed by atoms with Crippen LogP contribution in [0.1, 0.15) is 25.8 Å². The van der Waals surface area contributed by atoms with Crippen LogP contribution in [0.25, 0.3) is 0 Å². The molecule has 1 N–H and O–H groups in total. The molecule has 2 unspecified atom stereocenters. The van der Waals surface area contributed by atoms with E-state index in [1.807, 2.05) is 19.1 Å². The highest BCUT2D eigenvalue weighted by Gasteiger charge is 2.23. The van der Waals surface area contributed by atoms with Crippen molar-refractivity contribution in [3.8, 4) is 5.75 Å². The van der Waals surface area contributed by atoms with E-state index in [1.54, 1.807) is 0 Å². The third-order valence-corrected chi connectivity index (χ3v) is 3.48. The monoisotopic (exact) mass is 249 g/mol. The first kappa shape index (κ1) is 13.4. The highest BCUT2D eigenvalue weighted by Crippen LogP contribution is 2.19. The van der Waals surface area contributed by atoms with Crippen molar-refractivity contribution in [3.05, 3.63) is 29.8 Å². The van der Waals surface area contributed by atoms with Crippen molar-refractivity contribution in [3.63, 3.8) is 0 Å². The SMILES string of the molecule is CCOc1cccc(CNCC2CCOC2C)c1. The van der Waals surface area contributed by atoms with Gasteiger partial charge < -0.3 is 14.8 Å². The van der Waals surface area contributed by atoms with Crippen LogP contribution in [0, 0.1) is 5.92 Å². The average Bonchev–Trinajstić information content (AvgIpc) is 2.76. The molecule has 0 spiro atoms. The topological polar surface area (TPSA) is 30.5 Å². The van der Waals surface area contributed by atoms with Crippen LogP contribution in [-0.4, -0.2) is 25.9 Å². The first-order valence-electron chi connectivity index (χ1n) is 6.83. The van der Waals surface area contributed by atoms with Crippen LogP contribution in [0.2, 0.25) is 0 Å². The minimum atomic E-state index is 0.396. The molecule has 2 rings (SSSR count). The molecule has 100 valence electrons. The Hall–Kier alpha value is -1.06. The highest BCUT2D eigenvalue weighted by atomic mass is 16.5. The Morgan fingerprint density at radius 1 is 1.44 bits per heavy atom. The first-order chi connectivity index (χ1) is 8.79. The minimum Gasteiger partial charge on any atom is -0.494 e. The summed E-state index contributed by atoms with van der Waals surface area (Å²) in [6.45, 7) is 7.72. The molecule has 0 saturated carbocycles. The Balaban J connectivity index is 1.77. The quantitative estimate of drug-likeness (QED) is 0.840. The second-order valence-corrected chi connectivity index (χ2v) is 4.84. The van der Waals surface area contributed by atoms with Crippen molar-refractivity contribution in [1.29, 1.82) is 0 Å². The standard InChI is InChI=1S/C15H23NO2/c1-3-17-15-6-4-5-13(9-15)10-16-11-14-7-8-18-12(14)2/h4-6,9,12,14,16H,3,7-8,10-11H2,1-2H3. The Kier molecular flexibility index (Phi) is 5.02. The van der Waals surface area contributed by atoms with Crippen molar-refractivity contribution in [2.45, 2.75) is 32.9 Å². The molecule has 2 atom stereocenters. The lowest BCUT2D eigenvalue weighted by Gasteiger charge is -2.15. The van der Waals surface area contributed by atoms with Crippen LogP contribution in [0.3, 0.4) is 0 Å². The van der Waals surface area contributed by atoms with Gasteiger partial charge in [0.05, 0.1) is 12.7 Å². The highest BCUT2D eigenvalue weighted by molar-refractivity contribution is 5.28. The predicted octanol–water partition coefficient (Wildman–Crippen LogP) is 2.60. The lowest BCUT2D eigenvalue weighted by Crippen LogP contribution is -2.26. The molecule has 0 bridgehead atoms. The molecule has 18 heavy (non-hydrogen) atoms. The first-order valence-corrected chi connectivity index (χ1v) is 6.83. The van der Waals surface area contributed by atoms with E-state index in [0.29, 0.717) is 18.6 Å². The van der Waals surface area contributed by atoms with Crippen LogP contribution in [0.4, 0.5) is 0 Å². The summed E-state index contributed by atoms with van der Waals surface area (Å²) in [6, 6.07) is 8.28. The van der Waals surface area contributed by atoms with E-state index in [1.165, 1.54) is 12.0 Å². The molecule has 1 aliphatic heterocycles. The fourth-order valence-electron chi connectivity index (χ4n) is 2.36. The molecule has 0 aliphatic carbocycles. The summed E-state index contributed by atoms with van der Waals surface area (Å²) in [5, 5.41) is 3.51. The molecule has 1 saturated heterocycles. The van der Waals surface area contributed by atoms with Gasteiger partial charge in [0.25, 0.3) is 0 Å². The number of ether oxygens (including phenoxy) is 2. The summed E-state index contributed by atoms with van der Waals surface area (Å²) in [6.07, 6.45) is 1.57. The van der Waals surface area contributed by atoms with Gasteiger partial charge in [0, 0.05) is 19.7 Å². The Morgan fingerprint density at radius 2 is 2.33 bits per heavy atom. The van der Waals surface area contributed by atoms with Gasteiger partial charge in [-0.25, -0.2) is 0 Å². The second-order valence-electron chi connectivity index (χ2n) is 4.84. The van der Waals surface area contributed by atoms with E-state index in [9.17, 15) is 0 Å². The van der Waals surface area contributed by atoms with E-state index in [2.05, 4.69) is 24.4 Å². The minimum absolute atomic E-state index is 0.396. The molecule has 3 heteroatoms. The van der Waals surface area contributed by atoms with Crippen LogP contribution in [0.5, 0.6) is 5.75 Å². The summed E-state index contributed by atoms with van der Waals surface area (Å²) in [5.74, 6) is 1.61. The summed E-state index contributed by atoms with van der Waals surface area (Å²) >= 11 is 0. The van der Waals surface area contributed by atoms with E-state index < -0.39 is 0 Å². The van der Waals surface area contributed by atoms with E-state index in [0.717, 1.165) is 25.4 Å². The molecule has 1 aromatic rings. The zero-order valence-electron chi connectivity index (χ0n) is 11.3. The maximum Gasteiger partial charge on any atom is 0.119 e. The zero-order valence-corrected chi connectivity index (χ0v) is 11.3. The lowest BCUT2D eigenvalue weighted by atomic mass is 10.0. The van der Waals surface area contributed by atoms with Crippen LogP contribution in [-0.2, 0) is 11.3 Å². The van der Waals surface area contributed by atoms with Crippen molar-refractivity contribution >= 4 is 0 Å². The summed E-state index contributed by atoms with van der Waals surface area (Å²) in [5.41, 5.74) is 1.27. The van der Waals surface area contributed by atoms with Crippen LogP contribution >= 0.6 is 0 Å². The molecule has 0 amide bonds. The summed E-state index contributed by atoms with van der Waals surface area (Å²) < 4.78 is 11.1. The predicted molar refractivity (Wildman–Crippen MR) is 72.8 cm³/mol. The van der Waals surface area contributed by atoms with Gasteiger partial charge in [-0.1, -0.05) is 12.1 Å². The third kappa shape index (κ3) is 3.72. The van der Waals surface area contributed by atoms with Gasteiger partial charge in [0.2, 0.25) is 0 Å². The normalized spacial score (nSPS) is 23.2. The van der Waals surface area contributed by atoms with E-state index in [-0.39, 0.29) is 0 Å². The molecule has 0 aromatic heterocycles. The maximum atomic E-state index is 5.56. The Bertz CT molecular complexity index is 367. The molecule has 1 aromatic carbocycles. The van der Waals surface area contributed by atoms with Gasteiger partial charge in [-0.05, 0) is 43.9 Å². The molecular weight excluding hydrogens is 226 g/mol. The molecule has 1 heterocycles. The Morgan fingerprint density at radius 3 is 3.06 bits per heavy atom. The number of rotatable bonds is 6. The van der Waals surface area contributed by atoms with Gasteiger partial charge >= 0.3 is 0 Å². The second kappa shape index (κ2) is 6.76. The molecular formula is C15H23NO2. The summed E-state index contributed by atoms with van der Waals surface area (Å²) in [4.78, 5) is 0. The fraction of sp³-hybridized carbons (Fsp3) is 0.600. The van der Waals surface area contributed by atoms with Gasteiger partial charge in [0.15, 0.2) is 0 Å². The number of benzene rings is 1. The summed E-state index contributed by atoms with van der Waals surface area (Å²) in [7, 11) is 0. The van der Waals surface area contributed by atoms with Crippen LogP contribution < -0.4 is 10.1 Å². The maximum absolute atomic E-state index is 5.56. The zero-order chi connectivity index (χ0) is 12.8. The average molecular weight is 249 g/mol. The molecule has 3 nitrogen and oxygen atoms in total. The van der Waals surface area contributed by atoms with Crippen molar-refractivity contribution in [1.82, 2.24) is 5.32 Å². The smallest absolute Gasteiger partial charge is 0.119 e. The largest absolute Gasteiger partial charge is 0.494 e. The van der Waals surface area contributed by atoms with Gasteiger partial charge in [-0.3, -0.25) is 0 Å². The van der Waals surface area contributed by atoms with Crippen molar-refractivity contribution in [2.75, 3.05) is 19.8 Å². The van der Waals surface area contributed by atoms with Gasteiger partial charge in [0.1, 0.15) is 5.75 Å². The van der Waals surface area contributed by atoms with Crippen molar-refractivity contribution in [2.24, 2.45) is 5.92 Å². The number of nitrogens with one attached hydrogen (secondary N) is 1. The number of hydrogen-bond donors (Lipinski definition) is 1. The van der Waals surface area contributed by atoms with Crippen LogP contribution in [0.15, 0.2) is 24.3 Å². The lowest BCUT2D eigenvalue weighted by molar-refractivity contribution is 0.105. The third-order valence-electron chi connectivity index (χ3n) is 3.48.